The Hall–Kier alpha value is -1.79. The highest BCUT2D eigenvalue weighted by atomic mass is 19.1. The lowest BCUT2D eigenvalue weighted by Gasteiger charge is -2.18. The van der Waals surface area contributed by atoms with Gasteiger partial charge in [0.05, 0.1) is 6.04 Å². The minimum absolute atomic E-state index is 0.257. The van der Waals surface area contributed by atoms with Gasteiger partial charge in [0, 0.05) is 18.5 Å². The Balaban J connectivity index is 2.21. The van der Waals surface area contributed by atoms with Gasteiger partial charge in [-0.2, -0.15) is 5.10 Å². The second kappa shape index (κ2) is 6.78. The van der Waals surface area contributed by atoms with E-state index in [0.29, 0.717) is 17.9 Å². The van der Waals surface area contributed by atoms with Gasteiger partial charge in [0.25, 0.3) is 0 Å². The average molecular weight is 291 g/mol. The predicted molar refractivity (Wildman–Crippen MR) is 79.8 cm³/mol. The Bertz CT molecular complexity index is 593. The molecule has 0 saturated carbocycles. The van der Waals surface area contributed by atoms with Crippen molar-refractivity contribution >= 4 is 0 Å². The van der Waals surface area contributed by atoms with E-state index in [1.165, 1.54) is 12.4 Å². The minimum atomic E-state index is -0.333. The first kappa shape index (κ1) is 15.6. The number of halogens is 1. The van der Waals surface area contributed by atoms with Gasteiger partial charge in [-0.3, -0.25) is 11.3 Å². The third-order valence-corrected chi connectivity index (χ3v) is 3.35. The molecule has 6 heteroatoms. The summed E-state index contributed by atoms with van der Waals surface area (Å²) >= 11 is 0. The number of nitrogens with one attached hydrogen (secondary N) is 1. The zero-order valence-electron chi connectivity index (χ0n) is 12.7. The molecule has 0 aliphatic heterocycles. The van der Waals surface area contributed by atoms with E-state index in [-0.39, 0.29) is 11.9 Å². The van der Waals surface area contributed by atoms with Gasteiger partial charge in [0.2, 0.25) is 0 Å². The van der Waals surface area contributed by atoms with Gasteiger partial charge >= 0.3 is 0 Å². The monoisotopic (exact) mass is 291 g/mol. The zero-order chi connectivity index (χ0) is 15.4. The molecule has 0 saturated heterocycles. The first-order chi connectivity index (χ1) is 10.0. The van der Waals surface area contributed by atoms with Crippen LogP contribution in [0.5, 0.6) is 0 Å². The molecule has 5 nitrogen and oxygen atoms in total. The van der Waals surface area contributed by atoms with Crippen LogP contribution in [0.2, 0.25) is 0 Å². The maximum atomic E-state index is 14.1. The fraction of sp³-hybridized carbons (Fsp3) is 0.467. The Morgan fingerprint density at radius 3 is 2.76 bits per heavy atom. The molecule has 1 unspecified atom stereocenters. The van der Waals surface area contributed by atoms with E-state index in [0.717, 1.165) is 17.9 Å². The van der Waals surface area contributed by atoms with Crippen LogP contribution in [0.25, 0.3) is 0 Å². The second-order valence-corrected chi connectivity index (χ2v) is 5.70. The van der Waals surface area contributed by atoms with Gasteiger partial charge in [0.15, 0.2) is 0 Å². The van der Waals surface area contributed by atoms with Crippen molar-refractivity contribution in [1.82, 2.24) is 20.2 Å². The van der Waals surface area contributed by atoms with Crippen LogP contribution in [0.1, 0.15) is 36.8 Å². The third-order valence-electron chi connectivity index (χ3n) is 3.35. The van der Waals surface area contributed by atoms with Crippen molar-refractivity contribution in [3.63, 3.8) is 0 Å². The molecule has 1 heterocycles. The fourth-order valence-corrected chi connectivity index (χ4v) is 2.30. The van der Waals surface area contributed by atoms with Gasteiger partial charge in [-0.1, -0.05) is 26.0 Å². The van der Waals surface area contributed by atoms with Gasteiger partial charge in [-0.25, -0.2) is 14.1 Å². The fourth-order valence-electron chi connectivity index (χ4n) is 2.30. The highest BCUT2D eigenvalue weighted by molar-refractivity contribution is 5.26. The van der Waals surface area contributed by atoms with E-state index in [4.69, 9.17) is 5.84 Å². The van der Waals surface area contributed by atoms with Gasteiger partial charge < -0.3 is 0 Å². The predicted octanol–water partition coefficient (Wildman–Crippen LogP) is 2.13. The van der Waals surface area contributed by atoms with Crippen LogP contribution >= 0.6 is 0 Å². The molecule has 0 bridgehead atoms. The van der Waals surface area contributed by atoms with Crippen LogP contribution in [-0.4, -0.2) is 14.8 Å². The molecular weight excluding hydrogens is 269 g/mol. The van der Waals surface area contributed by atoms with Crippen LogP contribution in [0, 0.1) is 18.7 Å². The number of aromatic nitrogens is 3. The minimum Gasteiger partial charge on any atom is -0.271 e. The molecule has 0 radical (unpaired) electrons. The third kappa shape index (κ3) is 3.86. The van der Waals surface area contributed by atoms with Crippen LogP contribution < -0.4 is 11.3 Å². The SMILES string of the molecule is Cc1ccc(C(Cc2ncnn2CC(C)C)NN)c(F)c1. The lowest BCUT2D eigenvalue weighted by molar-refractivity contribution is 0.441. The summed E-state index contributed by atoms with van der Waals surface area (Å²) < 4.78 is 15.9. The molecule has 2 rings (SSSR count). The summed E-state index contributed by atoms with van der Waals surface area (Å²) in [6.45, 7) is 6.87. The number of hydrazine groups is 1. The van der Waals surface area contributed by atoms with Crippen molar-refractivity contribution in [1.29, 1.82) is 0 Å². The first-order valence-corrected chi connectivity index (χ1v) is 7.10. The lowest BCUT2D eigenvalue weighted by Crippen LogP contribution is -2.31. The van der Waals surface area contributed by atoms with E-state index in [1.807, 2.05) is 17.7 Å². The van der Waals surface area contributed by atoms with Crippen molar-refractivity contribution in [2.75, 3.05) is 0 Å². The second-order valence-electron chi connectivity index (χ2n) is 5.70. The van der Waals surface area contributed by atoms with Gasteiger partial charge in [0.1, 0.15) is 18.0 Å². The van der Waals surface area contributed by atoms with Crippen LogP contribution in [-0.2, 0) is 13.0 Å². The van der Waals surface area contributed by atoms with E-state index < -0.39 is 0 Å². The van der Waals surface area contributed by atoms with Crippen LogP contribution in [0.3, 0.4) is 0 Å². The van der Waals surface area contributed by atoms with Crippen molar-refractivity contribution in [2.24, 2.45) is 11.8 Å². The van der Waals surface area contributed by atoms with Crippen LogP contribution in [0.15, 0.2) is 24.5 Å². The summed E-state index contributed by atoms with van der Waals surface area (Å²) in [6, 6.07) is 4.82. The number of aryl methyl sites for hydroxylation is 1. The Morgan fingerprint density at radius 1 is 1.38 bits per heavy atom. The number of nitrogens with zero attached hydrogens (tertiary/aromatic N) is 3. The summed E-state index contributed by atoms with van der Waals surface area (Å²) in [5.74, 6) is 6.61. The molecule has 0 fully saturated rings. The molecule has 0 aliphatic carbocycles. The Kier molecular flexibility index (Phi) is 5.03. The molecule has 0 spiro atoms. The van der Waals surface area contributed by atoms with E-state index >= 15 is 0 Å². The zero-order valence-corrected chi connectivity index (χ0v) is 12.7. The highest BCUT2D eigenvalue weighted by Crippen LogP contribution is 2.21. The van der Waals surface area contributed by atoms with Gasteiger partial charge in [-0.15, -0.1) is 0 Å². The number of benzene rings is 1. The molecule has 2 aromatic rings. The summed E-state index contributed by atoms with van der Waals surface area (Å²) in [5.41, 5.74) is 4.10. The first-order valence-electron chi connectivity index (χ1n) is 7.10. The molecule has 1 aromatic carbocycles. The van der Waals surface area contributed by atoms with E-state index in [9.17, 15) is 4.39 Å². The molecular formula is C15H22FN5. The molecule has 114 valence electrons. The molecule has 0 aliphatic rings. The largest absolute Gasteiger partial charge is 0.271 e. The highest BCUT2D eigenvalue weighted by Gasteiger charge is 2.18. The quantitative estimate of drug-likeness (QED) is 0.632. The van der Waals surface area contributed by atoms with E-state index in [1.54, 1.807) is 6.07 Å². The molecule has 3 N–H and O–H groups in total. The average Bonchev–Trinajstić information content (AvgIpc) is 2.83. The number of hydrogen-bond acceptors (Lipinski definition) is 4. The molecule has 1 aromatic heterocycles. The summed E-state index contributed by atoms with van der Waals surface area (Å²) in [6.07, 6.45) is 2.01. The number of hydrogen-bond donors (Lipinski definition) is 2. The normalized spacial score (nSPS) is 12.9. The topological polar surface area (TPSA) is 68.8 Å². The molecule has 21 heavy (non-hydrogen) atoms. The van der Waals surface area contributed by atoms with E-state index in [2.05, 4.69) is 29.4 Å². The van der Waals surface area contributed by atoms with Crippen molar-refractivity contribution in [3.8, 4) is 0 Å². The standard InChI is InChI=1S/C15H22FN5/c1-10(2)8-21-15(18-9-19-21)7-14(20-17)12-5-4-11(3)6-13(12)16/h4-6,9-10,14,20H,7-8,17H2,1-3H3. The van der Waals surface area contributed by atoms with Crippen molar-refractivity contribution in [2.45, 2.75) is 39.8 Å². The maximum absolute atomic E-state index is 14.1. The number of rotatable bonds is 6. The van der Waals surface area contributed by atoms with Crippen molar-refractivity contribution in [3.05, 3.63) is 47.3 Å². The summed E-state index contributed by atoms with van der Waals surface area (Å²) in [5, 5.41) is 4.22. The Morgan fingerprint density at radius 2 is 2.14 bits per heavy atom. The summed E-state index contributed by atoms with van der Waals surface area (Å²) in [7, 11) is 0. The lowest BCUT2D eigenvalue weighted by atomic mass is 10.0. The van der Waals surface area contributed by atoms with Crippen LogP contribution in [0.4, 0.5) is 4.39 Å². The van der Waals surface area contributed by atoms with Gasteiger partial charge in [-0.05, 0) is 24.5 Å². The molecule has 0 amide bonds. The summed E-state index contributed by atoms with van der Waals surface area (Å²) in [4.78, 5) is 4.26. The number of nitrogens with two attached hydrogens (primary N) is 1. The smallest absolute Gasteiger partial charge is 0.138 e. The Labute approximate surface area is 124 Å². The van der Waals surface area contributed by atoms with Crippen molar-refractivity contribution < 1.29 is 4.39 Å². The molecule has 1 atom stereocenters. The maximum Gasteiger partial charge on any atom is 0.138 e.